The Labute approximate surface area is 70.4 Å². The number of aliphatic hydroxyl groups excluding tert-OH is 1. The van der Waals surface area contributed by atoms with Crippen LogP contribution in [0.3, 0.4) is 0 Å². The van der Waals surface area contributed by atoms with E-state index < -0.39 is 6.23 Å². The van der Waals surface area contributed by atoms with E-state index in [1.165, 1.54) is 17.4 Å². The van der Waals surface area contributed by atoms with Crippen LogP contribution >= 0.6 is 0 Å². The van der Waals surface area contributed by atoms with Crippen LogP contribution < -0.4 is 10.3 Å². The number of nitrogens with one attached hydrogen (secondary N) is 2. The molecule has 0 aliphatic carbocycles. The van der Waals surface area contributed by atoms with Gasteiger partial charge in [0.25, 0.3) is 5.91 Å². The first-order valence-corrected chi connectivity index (χ1v) is 3.56. The Balaban J connectivity index is 2.75. The highest BCUT2D eigenvalue weighted by atomic mass is 16.3. The van der Waals surface area contributed by atoms with Crippen molar-refractivity contribution < 1.29 is 14.9 Å². The Morgan fingerprint density at radius 2 is 2.42 bits per heavy atom. The first-order valence-electron chi connectivity index (χ1n) is 3.56. The van der Waals surface area contributed by atoms with E-state index in [1.54, 1.807) is 14.1 Å². The van der Waals surface area contributed by atoms with Gasteiger partial charge >= 0.3 is 0 Å². The molecular weight excluding hydrogens is 158 g/mol. The van der Waals surface area contributed by atoms with Gasteiger partial charge in [-0.1, -0.05) is 0 Å². The number of hydrogen-bond donors (Lipinski definition) is 3. The molecule has 0 bridgehead atoms. The van der Waals surface area contributed by atoms with Gasteiger partial charge in [0.2, 0.25) is 12.6 Å². The number of carbonyl (C=O) groups is 1. The SMILES string of the molecule is CN(C)C(=O)C1=CNC=[NH+]C1O. The van der Waals surface area contributed by atoms with Crippen molar-refractivity contribution in [1.29, 1.82) is 0 Å². The van der Waals surface area contributed by atoms with E-state index in [2.05, 4.69) is 10.3 Å². The Hall–Kier alpha value is -1.36. The Morgan fingerprint density at radius 3 is 2.92 bits per heavy atom. The van der Waals surface area contributed by atoms with Crippen molar-refractivity contribution in [2.45, 2.75) is 6.23 Å². The lowest BCUT2D eigenvalue weighted by molar-refractivity contribution is -0.540. The van der Waals surface area contributed by atoms with Crippen LogP contribution in [0, 0.1) is 0 Å². The van der Waals surface area contributed by atoms with Crippen molar-refractivity contribution in [2.24, 2.45) is 0 Å². The third-order valence-corrected chi connectivity index (χ3v) is 1.51. The molecule has 0 aromatic carbocycles. The number of carbonyl (C=O) groups excluding carboxylic acids is 1. The molecule has 1 rings (SSSR count). The number of aliphatic hydroxyl groups is 1. The monoisotopic (exact) mass is 170 g/mol. The Kier molecular flexibility index (Phi) is 2.44. The van der Waals surface area contributed by atoms with Gasteiger partial charge in [0.1, 0.15) is 11.8 Å². The van der Waals surface area contributed by atoms with E-state index >= 15 is 0 Å². The quantitative estimate of drug-likeness (QED) is 0.392. The van der Waals surface area contributed by atoms with Gasteiger partial charge < -0.3 is 10.0 Å². The molecule has 0 aromatic heterocycles. The third-order valence-electron chi connectivity index (χ3n) is 1.51. The largest absolute Gasteiger partial charge is 0.352 e. The molecule has 0 saturated heterocycles. The van der Waals surface area contributed by atoms with Crippen molar-refractivity contribution in [3.8, 4) is 0 Å². The maximum Gasteiger partial charge on any atom is 0.259 e. The molecule has 0 fully saturated rings. The van der Waals surface area contributed by atoms with E-state index in [4.69, 9.17) is 0 Å². The minimum atomic E-state index is -0.916. The van der Waals surface area contributed by atoms with Crippen LogP contribution in [0.15, 0.2) is 11.8 Å². The second-order valence-electron chi connectivity index (χ2n) is 2.68. The fraction of sp³-hybridized carbons (Fsp3) is 0.429. The van der Waals surface area contributed by atoms with Crippen LogP contribution in [0.5, 0.6) is 0 Å². The first kappa shape index (κ1) is 8.73. The summed E-state index contributed by atoms with van der Waals surface area (Å²) < 4.78 is 0. The van der Waals surface area contributed by atoms with E-state index in [0.717, 1.165) is 0 Å². The minimum absolute atomic E-state index is 0.212. The zero-order chi connectivity index (χ0) is 9.14. The average Bonchev–Trinajstić information content (AvgIpc) is 2.04. The van der Waals surface area contributed by atoms with E-state index in [9.17, 15) is 9.90 Å². The van der Waals surface area contributed by atoms with Crippen molar-refractivity contribution in [3.63, 3.8) is 0 Å². The summed E-state index contributed by atoms with van der Waals surface area (Å²) in [5.74, 6) is -0.212. The minimum Gasteiger partial charge on any atom is -0.352 e. The summed E-state index contributed by atoms with van der Waals surface area (Å²) in [4.78, 5) is 15.3. The number of hydrogen-bond acceptors (Lipinski definition) is 3. The van der Waals surface area contributed by atoms with Gasteiger partial charge in [0.05, 0.1) is 0 Å². The molecule has 5 heteroatoms. The van der Waals surface area contributed by atoms with E-state index in [0.29, 0.717) is 5.57 Å². The molecule has 1 amide bonds. The van der Waals surface area contributed by atoms with Gasteiger partial charge in [0, 0.05) is 14.1 Å². The molecule has 0 aromatic rings. The molecule has 1 atom stereocenters. The summed E-state index contributed by atoms with van der Waals surface area (Å²) in [6, 6.07) is 0. The molecule has 1 heterocycles. The fourth-order valence-corrected chi connectivity index (χ4v) is 0.864. The van der Waals surface area contributed by atoms with Crippen LogP contribution in [0.1, 0.15) is 0 Å². The topological polar surface area (TPSA) is 66.5 Å². The highest BCUT2D eigenvalue weighted by Gasteiger charge is 2.23. The highest BCUT2D eigenvalue weighted by molar-refractivity contribution is 5.94. The highest BCUT2D eigenvalue weighted by Crippen LogP contribution is 1.99. The second kappa shape index (κ2) is 3.36. The maximum atomic E-state index is 11.3. The molecule has 66 valence electrons. The zero-order valence-electron chi connectivity index (χ0n) is 7.03. The number of rotatable bonds is 1. The molecule has 3 N–H and O–H groups in total. The smallest absolute Gasteiger partial charge is 0.259 e. The van der Waals surface area contributed by atoms with Crippen molar-refractivity contribution in [3.05, 3.63) is 11.8 Å². The summed E-state index contributed by atoms with van der Waals surface area (Å²) in [6.45, 7) is 0. The molecule has 12 heavy (non-hydrogen) atoms. The Bertz CT molecular complexity index is 245. The van der Waals surface area contributed by atoms with Crippen molar-refractivity contribution >= 4 is 12.2 Å². The fourth-order valence-electron chi connectivity index (χ4n) is 0.864. The van der Waals surface area contributed by atoms with E-state index in [1.807, 2.05) is 0 Å². The van der Waals surface area contributed by atoms with Gasteiger partial charge in [-0.15, -0.1) is 0 Å². The van der Waals surface area contributed by atoms with Gasteiger partial charge in [-0.05, 0) is 0 Å². The summed E-state index contributed by atoms with van der Waals surface area (Å²) in [6.07, 6.45) is 2.03. The molecular formula is C7H12N3O2+. The molecule has 1 aliphatic heterocycles. The predicted molar refractivity (Wildman–Crippen MR) is 42.9 cm³/mol. The van der Waals surface area contributed by atoms with Crippen LogP contribution in [0.4, 0.5) is 0 Å². The van der Waals surface area contributed by atoms with E-state index in [-0.39, 0.29) is 5.91 Å². The summed E-state index contributed by atoms with van der Waals surface area (Å²) >= 11 is 0. The second-order valence-corrected chi connectivity index (χ2v) is 2.68. The summed E-state index contributed by atoms with van der Waals surface area (Å²) in [7, 11) is 3.27. The normalized spacial score (nSPS) is 21.2. The lowest BCUT2D eigenvalue weighted by Gasteiger charge is -2.14. The van der Waals surface area contributed by atoms with Crippen LogP contribution in [-0.2, 0) is 4.79 Å². The standard InChI is InChI=1S/C7H11N3O2/c1-10(2)7(12)5-3-8-4-9-6(5)11/h3-4,6,11H,1-2H3,(H,8,9)/p+1. The van der Waals surface area contributed by atoms with Crippen molar-refractivity contribution in [2.75, 3.05) is 14.1 Å². The average molecular weight is 170 g/mol. The predicted octanol–water partition coefficient (Wildman–Crippen LogP) is -3.01. The number of likely N-dealkylation sites (N-methyl/N-ethyl adjacent to an activating group) is 1. The lowest BCUT2D eigenvalue weighted by atomic mass is 10.2. The molecule has 1 aliphatic rings. The van der Waals surface area contributed by atoms with Gasteiger partial charge in [0.15, 0.2) is 0 Å². The molecule has 0 spiro atoms. The zero-order valence-corrected chi connectivity index (χ0v) is 7.03. The third kappa shape index (κ3) is 1.62. The van der Waals surface area contributed by atoms with Gasteiger partial charge in [-0.25, -0.2) is 4.99 Å². The van der Waals surface area contributed by atoms with Crippen molar-refractivity contribution in [1.82, 2.24) is 10.2 Å². The summed E-state index contributed by atoms with van der Waals surface area (Å²) in [5, 5.41) is 12.0. The molecule has 0 radical (unpaired) electrons. The number of amides is 1. The van der Waals surface area contributed by atoms with Crippen LogP contribution in [-0.4, -0.2) is 42.6 Å². The lowest BCUT2D eigenvalue weighted by Crippen LogP contribution is -2.80. The van der Waals surface area contributed by atoms with Gasteiger partial charge in [-0.3, -0.25) is 10.1 Å². The molecule has 1 unspecified atom stereocenters. The Morgan fingerprint density at radius 1 is 1.75 bits per heavy atom. The number of nitrogens with zero attached hydrogens (tertiary/aromatic N) is 1. The van der Waals surface area contributed by atoms with Crippen LogP contribution in [0.25, 0.3) is 0 Å². The van der Waals surface area contributed by atoms with Crippen LogP contribution in [0.2, 0.25) is 0 Å². The molecule has 5 nitrogen and oxygen atoms in total. The summed E-state index contributed by atoms with van der Waals surface area (Å²) in [5.41, 5.74) is 0.308. The van der Waals surface area contributed by atoms with Gasteiger partial charge in [-0.2, -0.15) is 0 Å². The molecule has 0 saturated carbocycles. The maximum absolute atomic E-state index is 11.3. The first-order chi connectivity index (χ1) is 5.63.